The van der Waals surface area contributed by atoms with Gasteiger partial charge in [-0.2, -0.15) is 11.1 Å². The van der Waals surface area contributed by atoms with E-state index in [0.29, 0.717) is 8.14 Å². The van der Waals surface area contributed by atoms with Gasteiger partial charge in [-0.1, -0.05) is 84.9 Å². The van der Waals surface area contributed by atoms with E-state index >= 15 is 0 Å². The molecule has 0 spiro atoms. The Bertz CT molecular complexity index is 1450. The summed E-state index contributed by atoms with van der Waals surface area (Å²) in [7, 11) is 0.651. The van der Waals surface area contributed by atoms with Crippen LogP contribution >= 0.6 is 26.4 Å². The smallest absolute Gasteiger partial charge is 0.165 e. The molecule has 0 unspecified atom stereocenters. The fourth-order valence-electron chi connectivity index (χ4n) is 4.88. The van der Waals surface area contributed by atoms with Crippen molar-refractivity contribution in [1.29, 1.82) is 0 Å². The third-order valence-corrected chi connectivity index (χ3v) is 9.43. The van der Waals surface area contributed by atoms with Crippen LogP contribution in [0.5, 0.6) is 0 Å². The van der Waals surface area contributed by atoms with Gasteiger partial charge in [0.05, 0.1) is 0 Å². The number of hydrogen-bond acceptors (Lipinski definition) is 0. The van der Waals surface area contributed by atoms with E-state index in [1.54, 1.807) is 0 Å². The highest BCUT2D eigenvalue weighted by molar-refractivity contribution is 9.23. The van der Waals surface area contributed by atoms with Crippen LogP contribution in [0.1, 0.15) is 11.1 Å². The van der Waals surface area contributed by atoms with E-state index in [9.17, 15) is 0 Å². The Morgan fingerprint density at radius 3 is 1.56 bits per heavy atom. The Balaban J connectivity index is 2.12. The van der Waals surface area contributed by atoms with Crippen LogP contribution in [0.25, 0.3) is 43.8 Å². The molecule has 0 bridgehead atoms. The minimum absolute atomic E-state index is 0.167. The third-order valence-electron chi connectivity index (χ3n) is 6.30. The van der Waals surface area contributed by atoms with Gasteiger partial charge in [0.15, 0.2) is 8.14 Å². The lowest BCUT2D eigenvalue weighted by Gasteiger charge is -2.25. The summed E-state index contributed by atoms with van der Waals surface area (Å²) in [5.74, 6) is 0. The highest BCUT2D eigenvalue weighted by Gasteiger charge is 2.24. The van der Waals surface area contributed by atoms with Gasteiger partial charge in [-0.3, -0.25) is 0 Å². The van der Waals surface area contributed by atoms with Gasteiger partial charge in [0.1, 0.15) is 0 Å². The van der Waals surface area contributed by atoms with Crippen molar-refractivity contribution in [3.05, 3.63) is 96.1 Å². The first kappa shape index (κ1) is 21.7. The third kappa shape index (κ3) is 3.39. The molecule has 0 fully saturated rings. The van der Waals surface area contributed by atoms with Crippen LogP contribution < -0.4 is 10.4 Å². The highest BCUT2D eigenvalue weighted by Crippen LogP contribution is 2.39. The summed E-state index contributed by atoms with van der Waals surface area (Å²) in [6, 6.07) is 30.2. The molecule has 4 radical (unpaired) electrons. The Morgan fingerprint density at radius 1 is 0.594 bits per heavy atom. The number of fused-ring (bicyclic) bond motifs is 2. The quantitative estimate of drug-likeness (QED) is 0.133. The zero-order valence-electron chi connectivity index (χ0n) is 17.8. The first-order valence-electron chi connectivity index (χ1n) is 10.5. The van der Waals surface area contributed by atoms with E-state index in [1.807, 2.05) is 0 Å². The SMILES string of the molecule is Cc1c2ccccc2c(C)c2c(-c3ccccc3)c([Si]Cl)c(-c3ccccc3)c([Si]Br)c12. The molecule has 0 N–H and O–H groups in total. The molecule has 0 amide bonds. The summed E-state index contributed by atoms with van der Waals surface area (Å²) in [4.78, 5) is 0. The largest absolute Gasteiger partial charge is 0.211 e. The Labute approximate surface area is 206 Å². The summed E-state index contributed by atoms with van der Waals surface area (Å²) < 4.78 is 0. The van der Waals surface area contributed by atoms with Crippen LogP contribution in [0.2, 0.25) is 0 Å². The maximum atomic E-state index is 6.79. The predicted molar refractivity (Wildman–Crippen MR) is 147 cm³/mol. The molecule has 154 valence electrons. The van der Waals surface area contributed by atoms with E-state index in [1.165, 1.54) is 65.3 Å². The normalized spacial score (nSPS) is 11.4. The van der Waals surface area contributed by atoms with Crippen molar-refractivity contribution in [1.82, 2.24) is 0 Å². The monoisotopic (exact) mass is 526 g/mol. The average Bonchev–Trinajstić information content (AvgIpc) is 2.86. The molecule has 0 aliphatic rings. The summed E-state index contributed by atoms with van der Waals surface area (Å²) in [6.07, 6.45) is 0. The zero-order valence-corrected chi connectivity index (χ0v) is 22.2. The van der Waals surface area contributed by atoms with Crippen LogP contribution in [-0.4, -0.2) is 17.0 Å². The lowest BCUT2D eigenvalue weighted by molar-refractivity contribution is 1.53. The molecule has 0 atom stereocenters. The van der Waals surface area contributed by atoms with Crippen molar-refractivity contribution in [3.63, 3.8) is 0 Å². The van der Waals surface area contributed by atoms with Crippen LogP contribution in [0.15, 0.2) is 84.9 Å². The minimum Gasteiger partial charge on any atom is -0.165 e. The Morgan fingerprint density at radius 2 is 1.06 bits per heavy atom. The molecule has 0 aliphatic heterocycles. The van der Waals surface area contributed by atoms with Crippen molar-refractivity contribution in [3.8, 4) is 22.3 Å². The second-order valence-corrected chi connectivity index (χ2v) is 11.1. The topological polar surface area (TPSA) is 0 Å². The average molecular weight is 528 g/mol. The minimum atomic E-state index is 0.167. The number of halogens is 2. The molecular weight excluding hydrogens is 508 g/mol. The van der Waals surface area contributed by atoms with Gasteiger partial charge in [0, 0.05) is 0 Å². The molecule has 0 aliphatic carbocycles. The van der Waals surface area contributed by atoms with Crippen LogP contribution in [-0.2, 0) is 0 Å². The van der Waals surface area contributed by atoms with E-state index < -0.39 is 0 Å². The van der Waals surface area contributed by atoms with Crippen molar-refractivity contribution < 1.29 is 0 Å². The van der Waals surface area contributed by atoms with Crippen LogP contribution in [0.3, 0.4) is 0 Å². The molecule has 0 saturated carbocycles. The van der Waals surface area contributed by atoms with Gasteiger partial charge >= 0.3 is 0 Å². The predicted octanol–water partition coefficient (Wildman–Crippen LogP) is 7.07. The molecular formula is C28H20BrClSi2. The number of rotatable bonds is 4. The maximum absolute atomic E-state index is 6.79. The molecule has 0 aromatic heterocycles. The van der Waals surface area contributed by atoms with Crippen LogP contribution in [0, 0.1) is 13.8 Å². The summed E-state index contributed by atoms with van der Waals surface area (Å²) in [6.45, 7) is 4.54. The summed E-state index contributed by atoms with van der Waals surface area (Å²) in [5.41, 5.74) is 7.65. The molecule has 0 nitrogen and oxygen atoms in total. The summed E-state index contributed by atoms with van der Waals surface area (Å²) in [5, 5.41) is 7.90. The molecule has 5 aromatic rings. The van der Waals surface area contributed by atoms with E-state index in [-0.39, 0.29) is 8.83 Å². The zero-order chi connectivity index (χ0) is 22.2. The van der Waals surface area contributed by atoms with Crippen molar-refractivity contribution in [2.45, 2.75) is 13.8 Å². The molecule has 32 heavy (non-hydrogen) atoms. The first-order chi connectivity index (χ1) is 15.7. The standard InChI is InChI=1S/C28H20BrClSi2/c1-17-21-15-9-10-16-22(21)18(2)24-23(17)25(19-11-5-3-6-12-19)28(32-30)26(27(24)31-29)20-13-7-4-8-14-20/h3-16H,1-2H3. The van der Waals surface area contributed by atoms with Crippen molar-refractivity contribution in [2.24, 2.45) is 0 Å². The molecule has 0 saturated heterocycles. The number of hydrogen-bond donors (Lipinski definition) is 0. The van der Waals surface area contributed by atoms with E-state index in [2.05, 4.69) is 114 Å². The van der Waals surface area contributed by atoms with Gasteiger partial charge in [-0.05, 0) is 79.1 Å². The molecule has 4 heteroatoms. The van der Waals surface area contributed by atoms with E-state index in [0.717, 1.165) is 0 Å². The lowest BCUT2D eigenvalue weighted by atomic mass is 9.85. The van der Waals surface area contributed by atoms with Gasteiger partial charge in [-0.25, -0.2) is 0 Å². The van der Waals surface area contributed by atoms with Crippen molar-refractivity contribution >= 4 is 75.3 Å². The van der Waals surface area contributed by atoms with E-state index in [4.69, 9.17) is 11.1 Å². The van der Waals surface area contributed by atoms with Gasteiger partial charge in [0.25, 0.3) is 0 Å². The Kier molecular flexibility index (Phi) is 6.08. The lowest BCUT2D eigenvalue weighted by Crippen LogP contribution is -2.28. The van der Waals surface area contributed by atoms with Crippen LogP contribution in [0.4, 0.5) is 0 Å². The van der Waals surface area contributed by atoms with Gasteiger partial charge in [0.2, 0.25) is 8.83 Å². The molecule has 0 heterocycles. The summed E-state index contributed by atoms with van der Waals surface area (Å²) >= 11 is 10.7. The molecule has 5 rings (SSSR count). The van der Waals surface area contributed by atoms with Gasteiger partial charge in [-0.15, -0.1) is 15.3 Å². The van der Waals surface area contributed by atoms with Crippen molar-refractivity contribution in [2.75, 3.05) is 0 Å². The maximum Gasteiger partial charge on any atom is 0.211 e. The Hall–Kier alpha value is -2.18. The number of benzene rings is 5. The second-order valence-electron chi connectivity index (χ2n) is 7.97. The van der Waals surface area contributed by atoms with Gasteiger partial charge < -0.3 is 0 Å². The number of aryl methyl sites for hydroxylation is 2. The molecule has 5 aromatic carbocycles. The highest BCUT2D eigenvalue weighted by atomic mass is 79.9. The first-order valence-corrected chi connectivity index (χ1v) is 15.8. The fraction of sp³-hybridized carbons (Fsp3) is 0.0714. The fourth-order valence-corrected chi connectivity index (χ4v) is 8.26. The second kappa shape index (κ2) is 8.99.